The molecule has 2 heterocycles. The molecule has 0 bridgehead atoms. The first-order chi connectivity index (χ1) is 8.61. The zero-order chi connectivity index (χ0) is 12.7. The van der Waals surface area contributed by atoms with E-state index in [1.165, 1.54) is 5.56 Å². The number of fused-ring (bicyclic) bond motifs is 1. The van der Waals surface area contributed by atoms with Crippen LogP contribution >= 0.6 is 31.9 Å². The Morgan fingerprint density at radius 2 is 1.89 bits per heavy atom. The average Bonchev–Trinajstić information content (AvgIpc) is 2.70. The Morgan fingerprint density at radius 3 is 2.67 bits per heavy atom. The topological polar surface area (TPSA) is 41.6 Å². The van der Waals surface area contributed by atoms with Gasteiger partial charge in [-0.25, -0.2) is 9.97 Å². The maximum Gasteiger partial charge on any atom is 0.178 e. The normalized spacial score (nSPS) is 11.1. The summed E-state index contributed by atoms with van der Waals surface area (Å²) in [6.07, 6.45) is 1.75. The minimum absolute atomic E-state index is 0.728. The van der Waals surface area contributed by atoms with Crippen LogP contribution in [0, 0.1) is 6.92 Å². The number of nitrogens with one attached hydrogen (secondary N) is 1. The molecule has 1 aromatic carbocycles. The van der Waals surface area contributed by atoms with Gasteiger partial charge in [-0.2, -0.15) is 0 Å². The lowest BCUT2D eigenvalue weighted by molar-refractivity contribution is 1.29. The molecule has 0 atom stereocenters. The second-order valence-electron chi connectivity index (χ2n) is 4.13. The number of hydrogen-bond donors (Lipinski definition) is 1. The van der Waals surface area contributed by atoms with Gasteiger partial charge < -0.3 is 4.98 Å². The highest BCUT2D eigenvalue weighted by molar-refractivity contribution is 9.10. The van der Waals surface area contributed by atoms with Crippen molar-refractivity contribution in [1.82, 2.24) is 15.0 Å². The molecule has 0 amide bonds. The highest BCUT2D eigenvalue weighted by atomic mass is 79.9. The van der Waals surface area contributed by atoms with Gasteiger partial charge in [0.05, 0.1) is 5.52 Å². The first-order valence-electron chi connectivity index (χ1n) is 5.41. The van der Waals surface area contributed by atoms with Gasteiger partial charge in [0.1, 0.15) is 5.82 Å². The number of pyridine rings is 1. The van der Waals surface area contributed by atoms with Gasteiger partial charge in [0.15, 0.2) is 5.65 Å². The lowest BCUT2D eigenvalue weighted by Crippen LogP contribution is -1.82. The van der Waals surface area contributed by atoms with Crippen molar-refractivity contribution in [3.05, 3.63) is 45.0 Å². The smallest absolute Gasteiger partial charge is 0.178 e. The number of halogens is 2. The van der Waals surface area contributed by atoms with Crippen molar-refractivity contribution >= 4 is 43.0 Å². The zero-order valence-electron chi connectivity index (χ0n) is 9.54. The van der Waals surface area contributed by atoms with Crippen LogP contribution in [0.3, 0.4) is 0 Å². The number of hydrogen-bond acceptors (Lipinski definition) is 2. The van der Waals surface area contributed by atoms with E-state index in [-0.39, 0.29) is 0 Å². The van der Waals surface area contributed by atoms with Crippen LogP contribution in [-0.2, 0) is 0 Å². The summed E-state index contributed by atoms with van der Waals surface area (Å²) < 4.78 is 1.99. The van der Waals surface area contributed by atoms with Gasteiger partial charge in [-0.15, -0.1) is 0 Å². The van der Waals surface area contributed by atoms with E-state index < -0.39 is 0 Å². The van der Waals surface area contributed by atoms with Crippen LogP contribution in [0.5, 0.6) is 0 Å². The lowest BCUT2D eigenvalue weighted by atomic mass is 10.1. The summed E-state index contributed by atoms with van der Waals surface area (Å²) in [5.41, 5.74) is 3.90. The quantitative estimate of drug-likeness (QED) is 0.690. The van der Waals surface area contributed by atoms with E-state index in [2.05, 4.69) is 65.9 Å². The fourth-order valence-corrected chi connectivity index (χ4v) is 2.82. The number of aromatic nitrogens is 3. The van der Waals surface area contributed by atoms with E-state index >= 15 is 0 Å². The number of H-pyrrole nitrogens is 1. The largest absolute Gasteiger partial charge is 0.337 e. The standard InChI is InChI=1S/C13H9Br2N3/c1-7-2-8(4-9(14)3-7)12-17-11-5-10(15)6-16-13(11)18-12/h2-6H,1H3,(H,16,17,18). The van der Waals surface area contributed by atoms with Gasteiger partial charge in [0, 0.05) is 20.7 Å². The summed E-state index contributed by atoms with van der Waals surface area (Å²) in [6, 6.07) is 8.18. The molecule has 0 aliphatic heterocycles. The molecule has 0 spiro atoms. The summed E-state index contributed by atoms with van der Waals surface area (Å²) >= 11 is 6.90. The molecule has 18 heavy (non-hydrogen) atoms. The Balaban J connectivity index is 2.19. The molecular formula is C13H9Br2N3. The van der Waals surface area contributed by atoms with Gasteiger partial charge in [0.25, 0.3) is 0 Å². The van der Waals surface area contributed by atoms with Gasteiger partial charge in [-0.3, -0.25) is 0 Å². The maximum absolute atomic E-state index is 4.50. The van der Waals surface area contributed by atoms with Crippen molar-refractivity contribution < 1.29 is 0 Å². The first kappa shape index (κ1) is 11.9. The van der Waals surface area contributed by atoms with Crippen LogP contribution < -0.4 is 0 Å². The molecular weight excluding hydrogens is 358 g/mol. The summed E-state index contributed by atoms with van der Waals surface area (Å²) in [6.45, 7) is 2.06. The molecule has 0 radical (unpaired) electrons. The second-order valence-corrected chi connectivity index (χ2v) is 5.96. The van der Waals surface area contributed by atoms with Crippen LogP contribution in [0.2, 0.25) is 0 Å². The van der Waals surface area contributed by atoms with Crippen LogP contribution in [0.4, 0.5) is 0 Å². The fourth-order valence-electron chi connectivity index (χ4n) is 1.88. The molecule has 0 saturated carbocycles. The Morgan fingerprint density at radius 1 is 1.06 bits per heavy atom. The predicted molar refractivity (Wildman–Crippen MR) is 79.5 cm³/mol. The highest BCUT2D eigenvalue weighted by Gasteiger charge is 2.07. The average molecular weight is 367 g/mol. The van der Waals surface area contributed by atoms with E-state index in [0.717, 1.165) is 31.5 Å². The van der Waals surface area contributed by atoms with Crippen molar-refractivity contribution in [2.24, 2.45) is 0 Å². The van der Waals surface area contributed by atoms with Gasteiger partial charge in [0.2, 0.25) is 0 Å². The van der Waals surface area contributed by atoms with E-state index in [1.807, 2.05) is 12.1 Å². The summed E-state index contributed by atoms with van der Waals surface area (Å²) in [5.74, 6) is 0.833. The minimum atomic E-state index is 0.728. The zero-order valence-corrected chi connectivity index (χ0v) is 12.7. The minimum Gasteiger partial charge on any atom is -0.337 e. The molecule has 0 aliphatic rings. The SMILES string of the molecule is Cc1cc(Br)cc(-c2nc3ncc(Br)cc3[nH]2)c1. The van der Waals surface area contributed by atoms with E-state index in [9.17, 15) is 0 Å². The Labute approximate surface area is 121 Å². The summed E-state index contributed by atoms with van der Waals surface area (Å²) in [4.78, 5) is 12.1. The van der Waals surface area contributed by atoms with E-state index in [0.29, 0.717) is 0 Å². The molecule has 90 valence electrons. The van der Waals surface area contributed by atoms with Crippen LogP contribution in [-0.4, -0.2) is 15.0 Å². The van der Waals surface area contributed by atoms with E-state index in [1.54, 1.807) is 6.20 Å². The first-order valence-corrected chi connectivity index (χ1v) is 6.99. The van der Waals surface area contributed by atoms with Crippen LogP contribution in [0.25, 0.3) is 22.6 Å². The van der Waals surface area contributed by atoms with Gasteiger partial charge in [-0.05, 0) is 52.7 Å². The molecule has 5 heteroatoms. The third kappa shape index (κ3) is 2.20. The van der Waals surface area contributed by atoms with Gasteiger partial charge >= 0.3 is 0 Å². The maximum atomic E-state index is 4.50. The van der Waals surface area contributed by atoms with Crippen molar-refractivity contribution in [3.8, 4) is 11.4 Å². The number of aryl methyl sites for hydroxylation is 1. The van der Waals surface area contributed by atoms with Crippen LogP contribution in [0.1, 0.15) is 5.56 Å². The fraction of sp³-hybridized carbons (Fsp3) is 0.0769. The molecule has 0 fully saturated rings. The number of imidazole rings is 1. The molecule has 1 N–H and O–H groups in total. The molecule has 3 nitrogen and oxygen atoms in total. The number of benzene rings is 1. The number of aromatic amines is 1. The lowest BCUT2D eigenvalue weighted by Gasteiger charge is -2.00. The molecule has 0 aliphatic carbocycles. The molecule has 3 aromatic rings. The van der Waals surface area contributed by atoms with Crippen molar-refractivity contribution in [2.75, 3.05) is 0 Å². The molecule has 0 unspecified atom stereocenters. The summed E-state index contributed by atoms with van der Waals surface area (Å²) in [5, 5.41) is 0. The molecule has 3 rings (SSSR count). The molecule has 2 aromatic heterocycles. The predicted octanol–water partition coefficient (Wildman–Crippen LogP) is 4.46. The monoisotopic (exact) mass is 365 g/mol. The Bertz CT molecular complexity index is 714. The van der Waals surface area contributed by atoms with E-state index in [4.69, 9.17) is 0 Å². The summed E-state index contributed by atoms with van der Waals surface area (Å²) in [7, 11) is 0. The second kappa shape index (κ2) is 4.48. The molecule has 0 saturated heterocycles. The Hall–Kier alpha value is -1.20. The van der Waals surface area contributed by atoms with Crippen molar-refractivity contribution in [2.45, 2.75) is 6.92 Å². The Kier molecular flexibility index (Phi) is 2.95. The highest BCUT2D eigenvalue weighted by Crippen LogP contribution is 2.25. The third-order valence-electron chi connectivity index (χ3n) is 2.62. The van der Waals surface area contributed by atoms with Gasteiger partial charge in [-0.1, -0.05) is 15.9 Å². The van der Waals surface area contributed by atoms with Crippen molar-refractivity contribution in [1.29, 1.82) is 0 Å². The third-order valence-corrected chi connectivity index (χ3v) is 3.51. The van der Waals surface area contributed by atoms with Crippen LogP contribution in [0.15, 0.2) is 39.4 Å². The van der Waals surface area contributed by atoms with Crippen molar-refractivity contribution in [3.63, 3.8) is 0 Å². The number of nitrogens with zero attached hydrogens (tertiary/aromatic N) is 2. The number of rotatable bonds is 1.